The van der Waals surface area contributed by atoms with E-state index in [0.29, 0.717) is 6.54 Å². The van der Waals surface area contributed by atoms with Gasteiger partial charge >= 0.3 is 0 Å². The molecule has 8 heteroatoms. The predicted molar refractivity (Wildman–Crippen MR) is 125 cm³/mol. The fourth-order valence-electron chi connectivity index (χ4n) is 4.16. The molecular formula is C23H31N7O. The number of carbonyl (C=O) groups is 1. The number of anilines is 3. The molecule has 0 aliphatic carbocycles. The molecule has 0 spiro atoms. The molecule has 4 rings (SSSR count). The number of fused-ring (bicyclic) bond motifs is 2. The summed E-state index contributed by atoms with van der Waals surface area (Å²) in [5.41, 5.74) is 5.18. The molecule has 0 saturated carbocycles. The standard InChI is InChI=1S/C23H31N7O/c1-5-16-7-8-18-11-19(16)30(4)14-20(31)29(3)10-6-9-28(2)13-17-12-24-22-21(17)23(27-18)26-15-25-22/h7-8,11-12,15H,5-6,9-10,13-14H2,1-4H3,(H2,24,25,26,27). The van der Waals surface area contributed by atoms with Crippen molar-refractivity contribution >= 4 is 34.1 Å². The van der Waals surface area contributed by atoms with E-state index in [0.717, 1.165) is 66.3 Å². The van der Waals surface area contributed by atoms with E-state index in [4.69, 9.17) is 0 Å². The Morgan fingerprint density at radius 2 is 1.90 bits per heavy atom. The molecule has 3 heterocycles. The summed E-state index contributed by atoms with van der Waals surface area (Å²) in [6, 6.07) is 6.29. The largest absolute Gasteiger partial charge is 0.365 e. The number of nitrogens with zero attached hydrogens (tertiary/aromatic N) is 5. The molecule has 164 valence electrons. The Bertz CT molecular complexity index is 1080. The van der Waals surface area contributed by atoms with Gasteiger partial charge in [0, 0.05) is 44.8 Å². The maximum Gasteiger partial charge on any atom is 0.241 e. The zero-order chi connectivity index (χ0) is 22.0. The van der Waals surface area contributed by atoms with E-state index in [9.17, 15) is 4.79 Å². The van der Waals surface area contributed by atoms with E-state index in [2.05, 4.69) is 57.3 Å². The molecule has 8 nitrogen and oxygen atoms in total. The van der Waals surface area contributed by atoms with Gasteiger partial charge in [0.25, 0.3) is 0 Å². The minimum Gasteiger partial charge on any atom is -0.365 e. The first-order valence-electron chi connectivity index (χ1n) is 10.8. The summed E-state index contributed by atoms with van der Waals surface area (Å²) >= 11 is 0. The lowest BCUT2D eigenvalue weighted by Crippen LogP contribution is -2.38. The Morgan fingerprint density at radius 3 is 2.71 bits per heavy atom. The van der Waals surface area contributed by atoms with Crippen molar-refractivity contribution < 1.29 is 4.79 Å². The first-order valence-corrected chi connectivity index (χ1v) is 10.8. The van der Waals surface area contributed by atoms with Crippen LogP contribution in [0.15, 0.2) is 30.7 Å². The van der Waals surface area contributed by atoms with Gasteiger partial charge in [0.05, 0.1) is 11.9 Å². The first kappa shape index (κ1) is 21.1. The number of benzene rings is 1. The molecule has 3 aromatic rings. The number of likely N-dealkylation sites (N-methyl/N-ethyl adjacent to an activating group) is 2. The number of amides is 1. The zero-order valence-electron chi connectivity index (χ0n) is 18.8. The van der Waals surface area contributed by atoms with Gasteiger partial charge in [0.2, 0.25) is 5.91 Å². The SMILES string of the molecule is CCc1ccc2cc1N(C)CC(=O)N(C)CCCN(C)Cc1c[nH]c3ncnc(c13)N2. The quantitative estimate of drug-likeness (QED) is 0.629. The maximum atomic E-state index is 12.8. The highest BCUT2D eigenvalue weighted by atomic mass is 16.2. The predicted octanol–water partition coefficient (Wildman–Crippen LogP) is 2.99. The Balaban J connectivity index is 1.78. The second-order valence-electron chi connectivity index (χ2n) is 8.34. The van der Waals surface area contributed by atoms with E-state index in [1.807, 2.05) is 30.1 Å². The molecule has 1 amide bonds. The summed E-state index contributed by atoms with van der Waals surface area (Å²) in [5.74, 6) is 0.915. The second-order valence-corrected chi connectivity index (χ2v) is 8.34. The van der Waals surface area contributed by atoms with Gasteiger partial charge in [-0.3, -0.25) is 4.79 Å². The van der Waals surface area contributed by atoms with Gasteiger partial charge in [0.1, 0.15) is 17.8 Å². The van der Waals surface area contributed by atoms with Crippen LogP contribution < -0.4 is 10.2 Å². The molecule has 0 atom stereocenters. The van der Waals surface area contributed by atoms with Crippen molar-refractivity contribution in [1.29, 1.82) is 0 Å². The summed E-state index contributed by atoms with van der Waals surface area (Å²) in [4.78, 5) is 31.2. The van der Waals surface area contributed by atoms with Crippen molar-refractivity contribution in [2.75, 3.05) is 51.0 Å². The summed E-state index contributed by atoms with van der Waals surface area (Å²) in [6.45, 7) is 4.90. The van der Waals surface area contributed by atoms with Gasteiger partial charge in [-0.2, -0.15) is 0 Å². The van der Waals surface area contributed by atoms with E-state index in [1.54, 1.807) is 6.33 Å². The van der Waals surface area contributed by atoms with Crippen LogP contribution in [0.4, 0.5) is 17.2 Å². The number of hydrogen-bond donors (Lipinski definition) is 2. The minimum atomic E-state index is 0.128. The van der Waals surface area contributed by atoms with Crippen LogP contribution in [0.3, 0.4) is 0 Å². The Labute approximate surface area is 183 Å². The van der Waals surface area contributed by atoms with Gasteiger partial charge in [-0.1, -0.05) is 13.0 Å². The van der Waals surface area contributed by atoms with Gasteiger partial charge < -0.3 is 25.0 Å². The third-order valence-electron chi connectivity index (χ3n) is 5.96. The maximum absolute atomic E-state index is 12.8. The van der Waals surface area contributed by atoms with E-state index < -0.39 is 0 Å². The van der Waals surface area contributed by atoms with Crippen LogP contribution in [0, 0.1) is 0 Å². The molecule has 0 saturated heterocycles. The molecule has 0 radical (unpaired) electrons. The lowest BCUT2D eigenvalue weighted by atomic mass is 10.1. The van der Waals surface area contributed by atoms with Crippen molar-refractivity contribution in [3.63, 3.8) is 0 Å². The summed E-state index contributed by atoms with van der Waals surface area (Å²) in [7, 11) is 5.97. The van der Waals surface area contributed by atoms with Crippen molar-refractivity contribution in [3.8, 4) is 0 Å². The number of aromatic amines is 1. The third-order valence-corrected chi connectivity index (χ3v) is 5.96. The van der Waals surface area contributed by atoms with Crippen LogP contribution in [0.5, 0.6) is 0 Å². The average Bonchev–Trinajstić information content (AvgIpc) is 3.16. The second kappa shape index (κ2) is 8.93. The fraction of sp³-hybridized carbons (Fsp3) is 0.435. The number of H-pyrrole nitrogens is 1. The van der Waals surface area contributed by atoms with Crippen LogP contribution in [-0.4, -0.2) is 71.4 Å². The van der Waals surface area contributed by atoms with E-state index in [-0.39, 0.29) is 5.91 Å². The van der Waals surface area contributed by atoms with Gasteiger partial charge in [-0.25, -0.2) is 9.97 Å². The molecule has 2 aromatic heterocycles. The smallest absolute Gasteiger partial charge is 0.241 e. The minimum absolute atomic E-state index is 0.128. The molecule has 0 fully saturated rings. The van der Waals surface area contributed by atoms with Crippen molar-refractivity contribution in [2.24, 2.45) is 0 Å². The summed E-state index contributed by atoms with van der Waals surface area (Å²) < 4.78 is 0. The Morgan fingerprint density at radius 1 is 1.06 bits per heavy atom. The van der Waals surface area contributed by atoms with Crippen LogP contribution in [0.2, 0.25) is 0 Å². The van der Waals surface area contributed by atoms with Gasteiger partial charge in [0.15, 0.2) is 0 Å². The Hall–Kier alpha value is -3.13. The van der Waals surface area contributed by atoms with Crippen LogP contribution in [0.1, 0.15) is 24.5 Å². The molecule has 31 heavy (non-hydrogen) atoms. The third kappa shape index (κ3) is 4.49. The summed E-state index contributed by atoms with van der Waals surface area (Å²) in [5, 5.41) is 4.51. The van der Waals surface area contributed by atoms with Gasteiger partial charge in [-0.05, 0) is 49.7 Å². The highest BCUT2D eigenvalue weighted by Gasteiger charge is 2.17. The highest BCUT2D eigenvalue weighted by Crippen LogP contribution is 2.30. The molecular weight excluding hydrogens is 390 g/mol. The van der Waals surface area contributed by atoms with E-state index in [1.165, 1.54) is 5.56 Å². The van der Waals surface area contributed by atoms with Crippen LogP contribution in [-0.2, 0) is 17.8 Å². The number of carbonyl (C=O) groups excluding carboxylic acids is 1. The molecule has 0 unspecified atom stereocenters. The lowest BCUT2D eigenvalue weighted by Gasteiger charge is -2.26. The number of aryl methyl sites for hydroxylation is 1. The highest BCUT2D eigenvalue weighted by molar-refractivity contribution is 5.92. The topological polar surface area (TPSA) is 80.4 Å². The van der Waals surface area contributed by atoms with Crippen molar-refractivity contribution in [2.45, 2.75) is 26.3 Å². The normalized spacial score (nSPS) is 16.6. The molecule has 2 N–H and O–H groups in total. The average molecular weight is 422 g/mol. The molecule has 1 aromatic carbocycles. The van der Waals surface area contributed by atoms with Gasteiger partial charge in [-0.15, -0.1) is 0 Å². The molecule has 2 bridgehead atoms. The van der Waals surface area contributed by atoms with Crippen molar-refractivity contribution in [3.05, 3.63) is 41.9 Å². The number of rotatable bonds is 1. The van der Waals surface area contributed by atoms with Crippen molar-refractivity contribution in [1.82, 2.24) is 24.8 Å². The zero-order valence-corrected chi connectivity index (χ0v) is 18.8. The number of hydrogen-bond acceptors (Lipinski definition) is 6. The van der Waals surface area contributed by atoms with E-state index >= 15 is 0 Å². The number of aromatic nitrogens is 3. The monoisotopic (exact) mass is 421 g/mol. The molecule has 1 aliphatic rings. The van der Waals surface area contributed by atoms with Crippen LogP contribution in [0.25, 0.3) is 11.0 Å². The molecule has 1 aliphatic heterocycles. The van der Waals surface area contributed by atoms with Crippen LogP contribution >= 0.6 is 0 Å². The lowest BCUT2D eigenvalue weighted by molar-refractivity contribution is -0.128. The number of nitrogens with one attached hydrogen (secondary N) is 2. The first-order chi connectivity index (χ1) is 15.0. The fourth-order valence-corrected chi connectivity index (χ4v) is 4.16. The Kier molecular flexibility index (Phi) is 6.08. The summed E-state index contributed by atoms with van der Waals surface area (Å²) in [6.07, 6.45) is 5.41.